The van der Waals surface area contributed by atoms with Crippen LogP contribution in [0.15, 0.2) is 48.5 Å². The van der Waals surface area contributed by atoms with Crippen molar-refractivity contribution in [2.45, 2.75) is 37.6 Å². The number of anilines is 1. The summed E-state index contributed by atoms with van der Waals surface area (Å²) in [6, 6.07) is 16.1. The van der Waals surface area contributed by atoms with Crippen molar-refractivity contribution >= 4 is 11.7 Å². The Labute approximate surface area is 153 Å². The standard InChI is InChI=1S/C21H25NO4/c23-15-21(10-11-21)17-6-8-18(9-7-17)22-14-16-3-1-4-19(13-16)26-12-2-5-20(24)25/h1,3-4,6-9,13,22-23H,2,5,10-12,14-15H2,(H,24,25). The molecular weight excluding hydrogens is 330 g/mol. The number of carbonyl (C=O) groups is 1. The van der Waals surface area contributed by atoms with Crippen molar-refractivity contribution in [3.05, 3.63) is 59.7 Å². The van der Waals surface area contributed by atoms with E-state index in [9.17, 15) is 9.90 Å². The van der Waals surface area contributed by atoms with Gasteiger partial charge in [-0.25, -0.2) is 0 Å². The third kappa shape index (κ3) is 4.76. The van der Waals surface area contributed by atoms with Crippen LogP contribution in [0.3, 0.4) is 0 Å². The maximum atomic E-state index is 10.5. The number of hydrogen-bond acceptors (Lipinski definition) is 4. The van der Waals surface area contributed by atoms with Crippen LogP contribution in [-0.4, -0.2) is 29.4 Å². The molecule has 3 rings (SSSR count). The third-order valence-electron chi connectivity index (χ3n) is 4.85. The summed E-state index contributed by atoms with van der Waals surface area (Å²) in [6.45, 7) is 1.30. The number of rotatable bonds is 10. The molecule has 0 bridgehead atoms. The van der Waals surface area contributed by atoms with Gasteiger partial charge in [0.1, 0.15) is 5.75 Å². The lowest BCUT2D eigenvalue weighted by Crippen LogP contribution is -2.11. The van der Waals surface area contributed by atoms with E-state index >= 15 is 0 Å². The summed E-state index contributed by atoms with van der Waals surface area (Å²) in [7, 11) is 0. The minimum atomic E-state index is -0.802. The molecule has 2 aromatic rings. The molecule has 1 saturated carbocycles. The molecule has 0 amide bonds. The summed E-state index contributed by atoms with van der Waals surface area (Å²) in [6.07, 6.45) is 2.75. The zero-order chi connectivity index (χ0) is 18.4. The lowest BCUT2D eigenvalue weighted by Gasteiger charge is -2.13. The topological polar surface area (TPSA) is 78.8 Å². The number of aliphatic hydroxyl groups is 1. The molecule has 0 aromatic heterocycles. The van der Waals surface area contributed by atoms with E-state index < -0.39 is 5.97 Å². The summed E-state index contributed by atoms with van der Waals surface area (Å²) in [5.41, 5.74) is 3.35. The number of benzene rings is 2. The van der Waals surface area contributed by atoms with Crippen LogP contribution in [0.25, 0.3) is 0 Å². The highest BCUT2D eigenvalue weighted by molar-refractivity contribution is 5.66. The first-order chi connectivity index (χ1) is 12.6. The van der Waals surface area contributed by atoms with Crippen molar-refractivity contribution in [2.24, 2.45) is 0 Å². The molecular formula is C21H25NO4. The van der Waals surface area contributed by atoms with E-state index in [-0.39, 0.29) is 18.4 Å². The Morgan fingerprint density at radius 2 is 1.92 bits per heavy atom. The van der Waals surface area contributed by atoms with E-state index in [0.29, 0.717) is 19.6 Å². The van der Waals surface area contributed by atoms with E-state index in [1.807, 2.05) is 24.3 Å². The van der Waals surface area contributed by atoms with Crippen molar-refractivity contribution < 1.29 is 19.7 Å². The molecule has 0 saturated heterocycles. The van der Waals surface area contributed by atoms with Crippen LogP contribution >= 0.6 is 0 Å². The molecule has 0 aliphatic heterocycles. The number of nitrogens with one attached hydrogen (secondary N) is 1. The maximum Gasteiger partial charge on any atom is 0.303 e. The second-order valence-electron chi connectivity index (χ2n) is 6.86. The highest BCUT2D eigenvalue weighted by atomic mass is 16.5. The zero-order valence-electron chi connectivity index (χ0n) is 14.8. The molecule has 138 valence electrons. The van der Waals surface area contributed by atoms with Gasteiger partial charge in [0, 0.05) is 24.1 Å². The first-order valence-electron chi connectivity index (χ1n) is 9.00. The minimum Gasteiger partial charge on any atom is -0.494 e. The molecule has 5 nitrogen and oxygen atoms in total. The van der Waals surface area contributed by atoms with Crippen LogP contribution in [0, 0.1) is 0 Å². The Kier molecular flexibility index (Phi) is 5.78. The highest BCUT2D eigenvalue weighted by Crippen LogP contribution is 2.47. The Balaban J connectivity index is 1.50. The molecule has 1 fully saturated rings. The van der Waals surface area contributed by atoms with Gasteiger partial charge in [-0.1, -0.05) is 24.3 Å². The van der Waals surface area contributed by atoms with Crippen LogP contribution in [-0.2, 0) is 16.8 Å². The molecule has 3 N–H and O–H groups in total. The SMILES string of the molecule is O=C(O)CCCOc1cccc(CNc2ccc(C3(CO)CC3)cc2)c1. The first-order valence-corrected chi connectivity index (χ1v) is 9.00. The largest absolute Gasteiger partial charge is 0.494 e. The fourth-order valence-electron chi connectivity index (χ4n) is 2.99. The molecule has 0 radical (unpaired) electrons. The van der Waals surface area contributed by atoms with Gasteiger partial charge in [-0.2, -0.15) is 0 Å². The predicted octanol–water partition coefficient (Wildman–Crippen LogP) is 3.57. The summed E-state index contributed by atoms with van der Waals surface area (Å²) in [5.74, 6) is -0.0483. The first kappa shape index (κ1) is 18.3. The molecule has 1 aliphatic rings. The third-order valence-corrected chi connectivity index (χ3v) is 4.85. The quantitative estimate of drug-likeness (QED) is 0.568. The second-order valence-corrected chi connectivity index (χ2v) is 6.86. The average Bonchev–Trinajstić information content (AvgIpc) is 3.46. The monoisotopic (exact) mass is 355 g/mol. The number of aliphatic hydroxyl groups excluding tert-OH is 1. The van der Waals surface area contributed by atoms with Crippen molar-refractivity contribution in [1.82, 2.24) is 0 Å². The molecule has 0 heterocycles. The van der Waals surface area contributed by atoms with Gasteiger partial charge in [-0.15, -0.1) is 0 Å². The molecule has 0 unspecified atom stereocenters. The van der Waals surface area contributed by atoms with Crippen molar-refractivity contribution in [1.29, 1.82) is 0 Å². The Morgan fingerprint density at radius 1 is 1.15 bits per heavy atom. The average molecular weight is 355 g/mol. The predicted molar refractivity (Wildman–Crippen MR) is 101 cm³/mol. The smallest absolute Gasteiger partial charge is 0.303 e. The Morgan fingerprint density at radius 3 is 2.58 bits per heavy atom. The molecule has 1 aliphatic carbocycles. The number of carboxylic acids is 1. The minimum absolute atomic E-state index is 0.00480. The van der Waals surface area contributed by atoms with Gasteiger partial charge in [-0.05, 0) is 54.7 Å². The van der Waals surface area contributed by atoms with Crippen molar-refractivity contribution in [3.8, 4) is 5.75 Å². The Bertz CT molecular complexity index is 738. The second kappa shape index (κ2) is 8.23. The van der Waals surface area contributed by atoms with Crippen LogP contribution in [0.1, 0.15) is 36.8 Å². The Hall–Kier alpha value is -2.53. The lowest BCUT2D eigenvalue weighted by molar-refractivity contribution is -0.137. The number of ether oxygens (including phenoxy) is 1. The van der Waals surface area contributed by atoms with E-state index in [1.54, 1.807) is 0 Å². The zero-order valence-corrected chi connectivity index (χ0v) is 14.8. The summed E-state index contributed by atoms with van der Waals surface area (Å²) < 4.78 is 5.61. The normalized spacial score (nSPS) is 14.7. The van der Waals surface area contributed by atoms with Gasteiger partial charge in [0.2, 0.25) is 0 Å². The molecule has 26 heavy (non-hydrogen) atoms. The van der Waals surface area contributed by atoms with Gasteiger partial charge in [0.25, 0.3) is 0 Å². The van der Waals surface area contributed by atoms with E-state index in [2.05, 4.69) is 29.6 Å². The number of carboxylic acid groups (broad SMARTS) is 1. The van der Waals surface area contributed by atoms with E-state index in [0.717, 1.165) is 29.8 Å². The van der Waals surface area contributed by atoms with Gasteiger partial charge in [0.05, 0.1) is 13.2 Å². The summed E-state index contributed by atoms with van der Waals surface area (Å²) in [4.78, 5) is 10.5. The van der Waals surface area contributed by atoms with E-state index in [4.69, 9.17) is 9.84 Å². The van der Waals surface area contributed by atoms with Crippen LogP contribution in [0.5, 0.6) is 5.75 Å². The fourth-order valence-corrected chi connectivity index (χ4v) is 2.99. The van der Waals surface area contributed by atoms with Crippen LogP contribution in [0.2, 0.25) is 0 Å². The van der Waals surface area contributed by atoms with Crippen LogP contribution in [0.4, 0.5) is 5.69 Å². The van der Waals surface area contributed by atoms with Gasteiger partial charge >= 0.3 is 5.97 Å². The number of hydrogen-bond donors (Lipinski definition) is 3. The molecule has 2 aromatic carbocycles. The molecule has 0 spiro atoms. The van der Waals surface area contributed by atoms with Gasteiger partial charge in [-0.3, -0.25) is 4.79 Å². The fraction of sp³-hybridized carbons (Fsp3) is 0.381. The molecule has 0 atom stereocenters. The van der Waals surface area contributed by atoms with Gasteiger partial charge in [0.15, 0.2) is 0 Å². The van der Waals surface area contributed by atoms with Crippen LogP contribution < -0.4 is 10.1 Å². The lowest BCUT2D eigenvalue weighted by atomic mass is 9.97. The van der Waals surface area contributed by atoms with Gasteiger partial charge < -0.3 is 20.3 Å². The van der Waals surface area contributed by atoms with Crippen molar-refractivity contribution in [3.63, 3.8) is 0 Å². The molecule has 5 heteroatoms. The number of aliphatic carboxylic acids is 1. The maximum absolute atomic E-state index is 10.5. The highest BCUT2D eigenvalue weighted by Gasteiger charge is 2.43. The summed E-state index contributed by atoms with van der Waals surface area (Å²) >= 11 is 0. The summed E-state index contributed by atoms with van der Waals surface area (Å²) in [5, 5.41) is 21.5. The van der Waals surface area contributed by atoms with Crippen molar-refractivity contribution in [2.75, 3.05) is 18.5 Å². The van der Waals surface area contributed by atoms with E-state index in [1.165, 1.54) is 5.56 Å².